The fourth-order valence-corrected chi connectivity index (χ4v) is 3.22. The molecule has 0 aromatic heterocycles. The maximum absolute atomic E-state index is 5.68. The van der Waals surface area contributed by atoms with Gasteiger partial charge >= 0.3 is 0 Å². The van der Waals surface area contributed by atoms with Crippen LogP contribution >= 0.6 is 27.7 Å². The van der Waals surface area contributed by atoms with Gasteiger partial charge in [-0.05, 0) is 43.2 Å². The molecule has 0 aliphatic rings. The van der Waals surface area contributed by atoms with E-state index in [2.05, 4.69) is 76.8 Å². The van der Waals surface area contributed by atoms with Crippen LogP contribution in [0.4, 0.5) is 0 Å². The van der Waals surface area contributed by atoms with Gasteiger partial charge in [-0.1, -0.05) is 45.8 Å². The maximum Gasteiger partial charge on any atom is 0.0344 e. The molecular weight excluding hydrogens is 332 g/mol. The van der Waals surface area contributed by atoms with Gasteiger partial charge in [-0.3, -0.25) is 11.3 Å². The normalized spacial score (nSPS) is 12.3. The molecule has 0 amide bonds. The molecule has 2 rings (SSSR count). The highest BCUT2D eigenvalue weighted by Gasteiger charge is 2.08. The quantitative estimate of drug-likeness (QED) is 0.471. The third-order valence-electron chi connectivity index (χ3n) is 3.07. The third-order valence-corrected chi connectivity index (χ3v) is 4.77. The number of aryl methyl sites for hydroxylation is 1. The summed E-state index contributed by atoms with van der Waals surface area (Å²) in [5, 5.41) is 0. The van der Waals surface area contributed by atoms with Crippen molar-refractivity contribution in [2.45, 2.75) is 24.3 Å². The summed E-state index contributed by atoms with van der Waals surface area (Å²) in [5.41, 5.74) is 5.54. The average Bonchev–Trinajstić information content (AvgIpc) is 2.45. The molecule has 106 valence electrons. The van der Waals surface area contributed by atoms with Crippen LogP contribution in [0.3, 0.4) is 0 Å². The number of hydrogen-bond donors (Lipinski definition) is 2. The molecule has 1 atom stereocenters. The zero-order valence-electron chi connectivity index (χ0n) is 11.5. The predicted molar refractivity (Wildman–Crippen MR) is 90.9 cm³/mol. The Morgan fingerprint density at radius 2 is 1.95 bits per heavy atom. The summed E-state index contributed by atoms with van der Waals surface area (Å²) in [7, 11) is 0. The lowest BCUT2D eigenvalue weighted by Crippen LogP contribution is -2.38. The van der Waals surface area contributed by atoms with Gasteiger partial charge in [0.1, 0.15) is 0 Å². The molecule has 2 aromatic rings. The van der Waals surface area contributed by atoms with Gasteiger partial charge in [-0.15, -0.1) is 11.8 Å². The van der Waals surface area contributed by atoms with Gasteiger partial charge in [-0.2, -0.15) is 0 Å². The van der Waals surface area contributed by atoms with Crippen LogP contribution < -0.4 is 11.3 Å². The van der Waals surface area contributed by atoms with Crippen molar-refractivity contribution < 1.29 is 0 Å². The molecular formula is C16H19BrN2S. The van der Waals surface area contributed by atoms with E-state index in [1.165, 1.54) is 16.0 Å². The number of nitrogens with two attached hydrogens (primary N) is 1. The number of hydrazine groups is 1. The monoisotopic (exact) mass is 350 g/mol. The van der Waals surface area contributed by atoms with Crippen molar-refractivity contribution in [3.63, 3.8) is 0 Å². The van der Waals surface area contributed by atoms with Crippen molar-refractivity contribution in [1.82, 2.24) is 5.43 Å². The van der Waals surface area contributed by atoms with Crippen LogP contribution in [0.2, 0.25) is 0 Å². The summed E-state index contributed by atoms with van der Waals surface area (Å²) in [6.07, 6.45) is 0.946. The van der Waals surface area contributed by atoms with E-state index in [-0.39, 0.29) is 6.04 Å². The molecule has 0 saturated heterocycles. The second-order valence-corrected chi connectivity index (χ2v) is 6.83. The minimum atomic E-state index is 0.269. The summed E-state index contributed by atoms with van der Waals surface area (Å²) in [6.45, 7) is 2.12. The molecule has 4 heteroatoms. The first-order valence-electron chi connectivity index (χ1n) is 6.57. The molecule has 0 bridgehead atoms. The fourth-order valence-electron chi connectivity index (χ4n) is 2.02. The van der Waals surface area contributed by atoms with E-state index in [0.29, 0.717) is 0 Å². The Morgan fingerprint density at radius 1 is 1.20 bits per heavy atom. The van der Waals surface area contributed by atoms with Crippen LogP contribution in [-0.2, 0) is 6.42 Å². The van der Waals surface area contributed by atoms with Crippen molar-refractivity contribution in [2.24, 2.45) is 5.84 Å². The van der Waals surface area contributed by atoms with Crippen LogP contribution in [-0.4, -0.2) is 11.8 Å². The standard InChI is InChI=1S/C16H19BrN2S/c1-12-3-2-4-13(9-12)10-15(19-18)11-20-16-7-5-14(17)6-8-16/h2-9,15,19H,10-11,18H2,1H3. The van der Waals surface area contributed by atoms with Gasteiger partial charge in [-0.25, -0.2) is 0 Å². The number of rotatable bonds is 6. The van der Waals surface area contributed by atoms with E-state index in [1.807, 2.05) is 11.8 Å². The molecule has 0 fully saturated rings. The maximum atomic E-state index is 5.68. The summed E-state index contributed by atoms with van der Waals surface area (Å²) in [4.78, 5) is 1.26. The van der Waals surface area contributed by atoms with Crippen LogP contribution in [0.15, 0.2) is 57.9 Å². The molecule has 2 aromatic carbocycles. The molecule has 0 aliphatic heterocycles. The Kier molecular flexibility index (Phi) is 6.10. The Balaban J connectivity index is 1.90. The van der Waals surface area contributed by atoms with Crippen molar-refractivity contribution in [3.05, 3.63) is 64.1 Å². The number of thioether (sulfide) groups is 1. The topological polar surface area (TPSA) is 38.0 Å². The lowest BCUT2D eigenvalue weighted by molar-refractivity contribution is 0.575. The number of halogens is 1. The van der Waals surface area contributed by atoms with Gasteiger partial charge in [0.05, 0.1) is 0 Å². The van der Waals surface area contributed by atoms with Crippen LogP contribution in [0.1, 0.15) is 11.1 Å². The summed E-state index contributed by atoms with van der Waals surface area (Å²) < 4.78 is 1.11. The Bertz CT molecular complexity index is 542. The zero-order valence-corrected chi connectivity index (χ0v) is 13.9. The Hall–Kier alpha value is -0.810. The summed E-state index contributed by atoms with van der Waals surface area (Å²) >= 11 is 5.27. The Labute approximate surface area is 133 Å². The summed E-state index contributed by atoms with van der Waals surface area (Å²) in [5.74, 6) is 6.63. The largest absolute Gasteiger partial charge is 0.271 e. The SMILES string of the molecule is Cc1cccc(CC(CSc2ccc(Br)cc2)NN)c1. The van der Waals surface area contributed by atoms with Gasteiger partial charge in [0.25, 0.3) is 0 Å². The number of benzene rings is 2. The first-order chi connectivity index (χ1) is 9.67. The second kappa shape index (κ2) is 7.84. The van der Waals surface area contributed by atoms with Crippen LogP contribution in [0.5, 0.6) is 0 Å². The smallest absolute Gasteiger partial charge is 0.0344 e. The Morgan fingerprint density at radius 3 is 2.60 bits per heavy atom. The molecule has 0 radical (unpaired) electrons. The fraction of sp³-hybridized carbons (Fsp3) is 0.250. The van der Waals surface area contributed by atoms with E-state index >= 15 is 0 Å². The third kappa shape index (κ3) is 4.94. The number of nitrogens with one attached hydrogen (secondary N) is 1. The van der Waals surface area contributed by atoms with E-state index in [9.17, 15) is 0 Å². The molecule has 20 heavy (non-hydrogen) atoms. The van der Waals surface area contributed by atoms with Gasteiger partial charge < -0.3 is 0 Å². The van der Waals surface area contributed by atoms with E-state index in [1.54, 1.807) is 0 Å². The molecule has 1 unspecified atom stereocenters. The van der Waals surface area contributed by atoms with Crippen molar-refractivity contribution in [1.29, 1.82) is 0 Å². The highest BCUT2D eigenvalue weighted by molar-refractivity contribution is 9.10. The second-order valence-electron chi connectivity index (χ2n) is 4.82. The predicted octanol–water partition coefficient (Wildman–Crippen LogP) is 3.92. The molecule has 0 aliphatic carbocycles. The first-order valence-corrected chi connectivity index (χ1v) is 8.35. The first kappa shape index (κ1) is 15.6. The minimum Gasteiger partial charge on any atom is -0.271 e. The van der Waals surface area contributed by atoms with Crippen molar-refractivity contribution in [2.75, 3.05) is 5.75 Å². The number of hydrogen-bond acceptors (Lipinski definition) is 3. The average molecular weight is 351 g/mol. The van der Waals surface area contributed by atoms with E-state index < -0.39 is 0 Å². The minimum absolute atomic E-state index is 0.269. The van der Waals surface area contributed by atoms with E-state index in [0.717, 1.165) is 16.6 Å². The van der Waals surface area contributed by atoms with Crippen molar-refractivity contribution >= 4 is 27.7 Å². The highest BCUT2D eigenvalue weighted by Crippen LogP contribution is 2.22. The van der Waals surface area contributed by atoms with Crippen molar-refractivity contribution in [3.8, 4) is 0 Å². The zero-order chi connectivity index (χ0) is 14.4. The van der Waals surface area contributed by atoms with E-state index in [4.69, 9.17) is 5.84 Å². The van der Waals surface area contributed by atoms with Gasteiger partial charge in [0, 0.05) is 21.2 Å². The van der Waals surface area contributed by atoms with Crippen LogP contribution in [0, 0.1) is 6.92 Å². The lowest BCUT2D eigenvalue weighted by atomic mass is 10.1. The molecule has 0 heterocycles. The highest BCUT2D eigenvalue weighted by atomic mass is 79.9. The molecule has 3 N–H and O–H groups in total. The molecule has 0 saturated carbocycles. The lowest BCUT2D eigenvalue weighted by Gasteiger charge is -2.16. The molecule has 0 spiro atoms. The van der Waals surface area contributed by atoms with Crippen LogP contribution in [0.25, 0.3) is 0 Å². The van der Waals surface area contributed by atoms with Gasteiger partial charge in [0.2, 0.25) is 0 Å². The van der Waals surface area contributed by atoms with Gasteiger partial charge in [0.15, 0.2) is 0 Å². The summed E-state index contributed by atoms with van der Waals surface area (Å²) in [6, 6.07) is 17.2. The molecule has 2 nitrogen and oxygen atoms in total.